The third-order valence-electron chi connectivity index (χ3n) is 3.52. The summed E-state index contributed by atoms with van der Waals surface area (Å²) in [5.74, 6) is 0. The summed E-state index contributed by atoms with van der Waals surface area (Å²) in [7, 11) is 0. The van der Waals surface area contributed by atoms with Gasteiger partial charge in [0, 0.05) is 17.6 Å². The molecule has 2 nitrogen and oxygen atoms in total. The minimum atomic E-state index is 0.267. The van der Waals surface area contributed by atoms with E-state index in [0.717, 1.165) is 18.6 Å². The maximum Gasteiger partial charge on any atom is 0.00992 e. The van der Waals surface area contributed by atoms with Crippen molar-refractivity contribution in [3.8, 4) is 0 Å². The molecule has 1 atom stereocenters. The molecule has 1 unspecified atom stereocenters. The van der Waals surface area contributed by atoms with Crippen molar-refractivity contribution in [3.63, 3.8) is 0 Å². The molecule has 1 rings (SSSR count). The van der Waals surface area contributed by atoms with E-state index < -0.39 is 0 Å². The topological polar surface area (TPSA) is 15.3 Å². The molecule has 0 heterocycles. The van der Waals surface area contributed by atoms with Gasteiger partial charge in [-0.25, -0.2) is 0 Å². The fourth-order valence-electron chi connectivity index (χ4n) is 2.45. The van der Waals surface area contributed by atoms with Crippen LogP contribution in [0.15, 0.2) is 0 Å². The Morgan fingerprint density at radius 2 is 1.94 bits per heavy atom. The summed E-state index contributed by atoms with van der Waals surface area (Å²) in [5.41, 5.74) is 0.267. The smallest absolute Gasteiger partial charge is 0.00992 e. The zero-order chi connectivity index (χ0) is 12.9. The lowest BCUT2D eigenvalue weighted by Crippen LogP contribution is -2.38. The molecule has 1 aliphatic rings. The maximum absolute atomic E-state index is 3.57. The third kappa shape index (κ3) is 6.42. The second-order valence-corrected chi connectivity index (χ2v) is 6.64. The Morgan fingerprint density at radius 3 is 2.41 bits per heavy atom. The molecule has 0 spiro atoms. The highest BCUT2D eigenvalue weighted by atomic mass is 15.2. The van der Waals surface area contributed by atoms with Gasteiger partial charge in [0.05, 0.1) is 0 Å². The molecule has 1 N–H and O–H groups in total. The highest BCUT2D eigenvalue weighted by molar-refractivity contribution is 4.87. The fraction of sp³-hybridized carbons (Fsp3) is 1.00. The quantitative estimate of drug-likeness (QED) is 0.654. The average molecular weight is 240 g/mol. The van der Waals surface area contributed by atoms with Crippen LogP contribution in [-0.2, 0) is 0 Å². The van der Waals surface area contributed by atoms with Crippen LogP contribution < -0.4 is 5.32 Å². The molecular formula is C15H32N2. The lowest BCUT2D eigenvalue weighted by Gasteiger charge is -2.29. The lowest BCUT2D eigenvalue weighted by molar-refractivity contribution is 0.186. The summed E-state index contributed by atoms with van der Waals surface area (Å²) < 4.78 is 0. The van der Waals surface area contributed by atoms with Crippen LogP contribution in [0, 0.1) is 0 Å². The normalized spacial score (nSPS) is 18.7. The van der Waals surface area contributed by atoms with Gasteiger partial charge >= 0.3 is 0 Å². The first-order valence-electron chi connectivity index (χ1n) is 7.45. The molecule has 0 bridgehead atoms. The molecule has 0 saturated heterocycles. The van der Waals surface area contributed by atoms with Crippen LogP contribution in [0.5, 0.6) is 0 Å². The molecule has 17 heavy (non-hydrogen) atoms. The van der Waals surface area contributed by atoms with Gasteiger partial charge in [-0.2, -0.15) is 0 Å². The standard InChI is InChI=1S/C15H32N2/c1-6-12-17(14-9-10-14)13(2)8-7-11-16-15(3,4)5/h13-14,16H,6-12H2,1-5H3. The van der Waals surface area contributed by atoms with Gasteiger partial charge in [0.15, 0.2) is 0 Å². The van der Waals surface area contributed by atoms with Crippen LogP contribution in [0.25, 0.3) is 0 Å². The van der Waals surface area contributed by atoms with E-state index in [2.05, 4.69) is 44.8 Å². The van der Waals surface area contributed by atoms with Gasteiger partial charge in [-0.05, 0) is 72.9 Å². The van der Waals surface area contributed by atoms with E-state index in [0.29, 0.717) is 0 Å². The molecule has 1 saturated carbocycles. The van der Waals surface area contributed by atoms with Crippen molar-refractivity contribution in [1.82, 2.24) is 10.2 Å². The Kier molecular flexibility index (Phi) is 5.94. The summed E-state index contributed by atoms with van der Waals surface area (Å²) in [6.07, 6.45) is 6.79. The number of hydrogen-bond acceptors (Lipinski definition) is 2. The van der Waals surface area contributed by atoms with Crippen molar-refractivity contribution < 1.29 is 0 Å². The summed E-state index contributed by atoms with van der Waals surface area (Å²) in [6, 6.07) is 1.68. The Labute approximate surface area is 108 Å². The first kappa shape index (κ1) is 15.0. The summed E-state index contributed by atoms with van der Waals surface area (Å²) in [5, 5.41) is 3.57. The van der Waals surface area contributed by atoms with E-state index in [-0.39, 0.29) is 5.54 Å². The monoisotopic (exact) mass is 240 g/mol. The molecule has 1 aliphatic carbocycles. The van der Waals surface area contributed by atoms with Crippen molar-refractivity contribution in [2.45, 2.75) is 84.3 Å². The van der Waals surface area contributed by atoms with E-state index in [1.807, 2.05) is 0 Å². The minimum Gasteiger partial charge on any atom is -0.312 e. The van der Waals surface area contributed by atoms with Gasteiger partial charge in [-0.3, -0.25) is 4.90 Å². The average Bonchev–Trinajstić information content (AvgIpc) is 3.03. The van der Waals surface area contributed by atoms with Crippen LogP contribution in [0.1, 0.15) is 66.7 Å². The molecule has 0 aromatic carbocycles. The predicted molar refractivity (Wildman–Crippen MR) is 76.5 cm³/mol. The van der Waals surface area contributed by atoms with Crippen LogP contribution in [0.3, 0.4) is 0 Å². The number of hydrogen-bond donors (Lipinski definition) is 1. The molecule has 0 aliphatic heterocycles. The molecular weight excluding hydrogens is 208 g/mol. The van der Waals surface area contributed by atoms with E-state index in [9.17, 15) is 0 Å². The Balaban J connectivity index is 2.16. The number of nitrogens with zero attached hydrogens (tertiary/aromatic N) is 1. The van der Waals surface area contributed by atoms with Crippen molar-refractivity contribution in [2.24, 2.45) is 0 Å². The molecule has 102 valence electrons. The Bertz CT molecular complexity index is 203. The molecule has 0 amide bonds. The van der Waals surface area contributed by atoms with Crippen molar-refractivity contribution in [1.29, 1.82) is 0 Å². The lowest BCUT2D eigenvalue weighted by atomic mass is 10.1. The first-order chi connectivity index (χ1) is 7.94. The van der Waals surface area contributed by atoms with Crippen LogP contribution >= 0.6 is 0 Å². The summed E-state index contributed by atoms with van der Waals surface area (Å²) in [6.45, 7) is 13.9. The van der Waals surface area contributed by atoms with Gasteiger partial charge in [0.1, 0.15) is 0 Å². The molecule has 0 radical (unpaired) electrons. The fourth-order valence-corrected chi connectivity index (χ4v) is 2.45. The van der Waals surface area contributed by atoms with Crippen LogP contribution in [-0.4, -0.2) is 35.6 Å². The Hall–Kier alpha value is -0.0800. The van der Waals surface area contributed by atoms with Gasteiger partial charge < -0.3 is 5.32 Å². The highest BCUT2D eigenvalue weighted by Crippen LogP contribution is 2.29. The maximum atomic E-state index is 3.57. The van der Waals surface area contributed by atoms with E-state index >= 15 is 0 Å². The number of nitrogens with one attached hydrogen (secondary N) is 1. The van der Waals surface area contributed by atoms with Gasteiger partial charge in [0.2, 0.25) is 0 Å². The molecule has 0 aromatic heterocycles. The zero-order valence-corrected chi connectivity index (χ0v) is 12.6. The summed E-state index contributed by atoms with van der Waals surface area (Å²) >= 11 is 0. The summed E-state index contributed by atoms with van der Waals surface area (Å²) in [4.78, 5) is 2.73. The zero-order valence-electron chi connectivity index (χ0n) is 12.6. The van der Waals surface area contributed by atoms with Gasteiger partial charge in [-0.1, -0.05) is 6.92 Å². The van der Waals surface area contributed by atoms with E-state index in [1.165, 1.54) is 38.6 Å². The highest BCUT2D eigenvalue weighted by Gasteiger charge is 2.31. The van der Waals surface area contributed by atoms with Crippen LogP contribution in [0.2, 0.25) is 0 Å². The molecule has 0 aromatic rings. The number of rotatable bonds is 8. The molecule has 1 fully saturated rings. The van der Waals surface area contributed by atoms with Crippen molar-refractivity contribution in [2.75, 3.05) is 13.1 Å². The second kappa shape index (κ2) is 6.75. The van der Waals surface area contributed by atoms with Crippen LogP contribution in [0.4, 0.5) is 0 Å². The third-order valence-corrected chi connectivity index (χ3v) is 3.52. The van der Waals surface area contributed by atoms with E-state index in [4.69, 9.17) is 0 Å². The largest absolute Gasteiger partial charge is 0.312 e. The van der Waals surface area contributed by atoms with Crippen molar-refractivity contribution in [3.05, 3.63) is 0 Å². The predicted octanol–water partition coefficient (Wildman–Crippen LogP) is 3.42. The van der Waals surface area contributed by atoms with Gasteiger partial charge in [-0.15, -0.1) is 0 Å². The van der Waals surface area contributed by atoms with Crippen molar-refractivity contribution >= 4 is 0 Å². The first-order valence-corrected chi connectivity index (χ1v) is 7.45. The molecule has 2 heteroatoms. The van der Waals surface area contributed by atoms with E-state index in [1.54, 1.807) is 0 Å². The SMILES string of the molecule is CCCN(C(C)CCCNC(C)(C)C)C1CC1. The second-order valence-electron chi connectivity index (χ2n) is 6.64. The van der Waals surface area contributed by atoms with Gasteiger partial charge in [0.25, 0.3) is 0 Å². The minimum absolute atomic E-state index is 0.267. The Morgan fingerprint density at radius 1 is 1.29 bits per heavy atom.